The van der Waals surface area contributed by atoms with E-state index in [1.807, 2.05) is 19.1 Å². The molecule has 1 aromatic rings. The van der Waals surface area contributed by atoms with Crippen LogP contribution in [0.1, 0.15) is 51.0 Å². The Morgan fingerprint density at radius 1 is 1.12 bits per heavy atom. The van der Waals surface area contributed by atoms with Gasteiger partial charge in [0, 0.05) is 5.56 Å². The van der Waals surface area contributed by atoms with Crippen LogP contribution < -0.4 is 0 Å². The van der Waals surface area contributed by atoms with Gasteiger partial charge in [0.2, 0.25) is 0 Å². The fourth-order valence-corrected chi connectivity index (χ4v) is 2.06. The highest BCUT2D eigenvalue weighted by atomic mass is 19.1. The molecule has 0 saturated heterocycles. The Morgan fingerprint density at radius 2 is 1.76 bits per heavy atom. The van der Waals surface area contributed by atoms with Crippen LogP contribution in [0.15, 0.2) is 30.4 Å². The summed E-state index contributed by atoms with van der Waals surface area (Å²) in [6.45, 7) is 4.09. The van der Waals surface area contributed by atoms with E-state index in [1.54, 1.807) is 0 Å². The van der Waals surface area contributed by atoms with Gasteiger partial charge in [-0.3, -0.25) is 0 Å². The van der Waals surface area contributed by atoms with Crippen molar-refractivity contribution in [3.63, 3.8) is 0 Å². The van der Waals surface area contributed by atoms with Crippen LogP contribution in [0.4, 0.5) is 8.78 Å². The van der Waals surface area contributed by atoms with Gasteiger partial charge in [-0.05, 0) is 37.3 Å². The molecule has 0 aromatic heterocycles. The molecule has 94 valence electrons. The average molecular weight is 238 g/mol. The van der Waals surface area contributed by atoms with E-state index in [9.17, 15) is 8.78 Å². The number of hydrogen-bond donors (Lipinski definition) is 0. The minimum absolute atomic E-state index is 0.0519. The highest BCUT2D eigenvalue weighted by Crippen LogP contribution is 2.29. The Bertz CT molecular complexity index is 349. The van der Waals surface area contributed by atoms with Crippen molar-refractivity contribution in [3.05, 3.63) is 47.5 Å². The second kappa shape index (κ2) is 7.21. The van der Waals surface area contributed by atoms with Gasteiger partial charge < -0.3 is 0 Å². The average Bonchev–Trinajstić information content (AvgIpc) is 2.29. The number of allylic oxidation sites excluding steroid dienone is 2. The van der Waals surface area contributed by atoms with Crippen molar-refractivity contribution in [2.24, 2.45) is 0 Å². The first-order valence-electron chi connectivity index (χ1n) is 6.29. The fourth-order valence-electron chi connectivity index (χ4n) is 2.06. The zero-order valence-corrected chi connectivity index (χ0v) is 10.5. The summed E-state index contributed by atoms with van der Waals surface area (Å²) < 4.78 is 27.3. The molecule has 1 atom stereocenters. The second-order valence-corrected chi connectivity index (χ2v) is 4.24. The third-order valence-electron chi connectivity index (χ3n) is 2.87. The maximum absolute atomic E-state index is 13.7. The molecule has 1 rings (SSSR count). The normalized spacial score (nSPS) is 13.2. The summed E-state index contributed by atoms with van der Waals surface area (Å²) >= 11 is 0. The lowest BCUT2D eigenvalue weighted by Gasteiger charge is -2.16. The van der Waals surface area contributed by atoms with Crippen LogP contribution in [0, 0.1) is 11.6 Å². The topological polar surface area (TPSA) is 0 Å². The smallest absolute Gasteiger partial charge is 0.129 e. The molecule has 0 N–H and O–H groups in total. The highest BCUT2D eigenvalue weighted by molar-refractivity contribution is 5.24. The van der Waals surface area contributed by atoms with Crippen LogP contribution in [-0.2, 0) is 0 Å². The van der Waals surface area contributed by atoms with Crippen molar-refractivity contribution in [2.45, 2.75) is 45.4 Å². The van der Waals surface area contributed by atoms with Crippen molar-refractivity contribution >= 4 is 0 Å². The summed E-state index contributed by atoms with van der Waals surface area (Å²) in [5, 5.41) is 0. The number of benzene rings is 1. The van der Waals surface area contributed by atoms with Gasteiger partial charge in [-0.15, -0.1) is 0 Å². The van der Waals surface area contributed by atoms with E-state index in [0.29, 0.717) is 6.42 Å². The first kappa shape index (κ1) is 13.9. The largest absolute Gasteiger partial charge is 0.207 e. The maximum Gasteiger partial charge on any atom is 0.129 e. The third kappa shape index (κ3) is 3.95. The molecule has 0 nitrogen and oxygen atoms in total. The van der Waals surface area contributed by atoms with Crippen molar-refractivity contribution < 1.29 is 8.78 Å². The lowest BCUT2D eigenvalue weighted by molar-refractivity contribution is 0.504. The monoisotopic (exact) mass is 238 g/mol. The number of halogens is 2. The van der Waals surface area contributed by atoms with Crippen molar-refractivity contribution in [3.8, 4) is 0 Å². The van der Waals surface area contributed by atoms with Crippen LogP contribution in [0.3, 0.4) is 0 Å². The summed E-state index contributed by atoms with van der Waals surface area (Å²) in [5.41, 5.74) is 0.245. The molecule has 17 heavy (non-hydrogen) atoms. The Morgan fingerprint density at radius 3 is 2.29 bits per heavy atom. The van der Waals surface area contributed by atoms with Gasteiger partial charge in [0.15, 0.2) is 0 Å². The zero-order chi connectivity index (χ0) is 12.7. The number of rotatable bonds is 6. The van der Waals surface area contributed by atoms with Crippen molar-refractivity contribution in [1.82, 2.24) is 0 Å². The molecule has 1 aromatic carbocycles. The molecule has 0 heterocycles. The fraction of sp³-hybridized carbons (Fsp3) is 0.467. The molecule has 0 bridgehead atoms. The van der Waals surface area contributed by atoms with Crippen molar-refractivity contribution in [1.29, 1.82) is 0 Å². The van der Waals surface area contributed by atoms with E-state index in [2.05, 4.69) is 6.92 Å². The van der Waals surface area contributed by atoms with E-state index < -0.39 is 11.6 Å². The molecule has 2 heteroatoms. The summed E-state index contributed by atoms with van der Waals surface area (Å²) in [6, 6.07) is 4.09. The number of hydrogen-bond acceptors (Lipinski definition) is 0. The molecule has 0 amide bonds. The van der Waals surface area contributed by atoms with Gasteiger partial charge in [-0.25, -0.2) is 8.78 Å². The van der Waals surface area contributed by atoms with Crippen molar-refractivity contribution in [2.75, 3.05) is 0 Å². The van der Waals surface area contributed by atoms with E-state index in [0.717, 1.165) is 19.3 Å². The summed E-state index contributed by atoms with van der Waals surface area (Å²) in [7, 11) is 0. The van der Waals surface area contributed by atoms with Crippen LogP contribution in [0.25, 0.3) is 0 Å². The third-order valence-corrected chi connectivity index (χ3v) is 2.87. The van der Waals surface area contributed by atoms with E-state index in [1.165, 1.54) is 18.2 Å². The lowest BCUT2D eigenvalue weighted by atomic mass is 9.90. The molecular formula is C15H20F2. The first-order valence-corrected chi connectivity index (χ1v) is 6.29. The highest BCUT2D eigenvalue weighted by Gasteiger charge is 2.18. The Kier molecular flexibility index (Phi) is 5.88. The Balaban J connectivity index is 2.92. The second-order valence-electron chi connectivity index (χ2n) is 4.24. The van der Waals surface area contributed by atoms with E-state index in [4.69, 9.17) is 0 Å². The van der Waals surface area contributed by atoms with Crippen LogP contribution >= 0.6 is 0 Å². The van der Waals surface area contributed by atoms with Crippen LogP contribution in [0.2, 0.25) is 0 Å². The predicted octanol–water partition coefficient (Wildman–Crippen LogP) is 5.20. The molecular weight excluding hydrogens is 218 g/mol. The quantitative estimate of drug-likeness (QED) is 0.597. The zero-order valence-electron chi connectivity index (χ0n) is 10.5. The SMILES string of the molecule is CC/C=C\CC(CCC)c1c(F)cccc1F. The van der Waals surface area contributed by atoms with E-state index >= 15 is 0 Å². The van der Waals surface area contributed by atoms with Gasteiger partial charge in [0.1, 0.15) is 11.6 Å². The van der Waals surface area contributed by atoms with Crippen LogP contribution in [-0.4, -0.2) is 0 Å². The molecule has 0 aliphatic rings. The van der Waals surface area contributed by atoms with Gasteiger partial charge in [0.25, 0.3) is 0 Å². The summed E-state index contributed by atoms with van der Waals surface area (Å²) in [5.74, 6) is -0.898. The van der Waals surface area contributed by atoms with Crippen LogP contribution in [0.5, 0.6) is 0 Å². The minimum atomic E-state index is -0.423. The minimum Gasteiger partial charge on any atom is -0.207 e. The standard InChI is InChI=1S/C15H20F2/c1-3-5-6-9-12(8-4-2)15-13(16)10-7-11-14(15)17/h5-7,10-12H,3-4,8-9H2,1-2H3/b6-5-. The van der Waals surface area contributed by atoms with Gasteiger partial charge in [-0.2, -0.15) is 0 Å². The molecule has 0 spiro atoms. The van der Waals surface area contributed by atoms with Gasteiger partial charge in [-0.1, -0.05) is 38.5 Å². The Hall–Kier alpha value is -1.18. The van der Waals surface area contributed by atoms with E-state index in [-0.39, 0.29) is 11.5 Å². The molecule has 0 aliphatic carbocycles. The first-order chi connectivity index (χ1) is 8.20. The lowest BCUT2D eigenvalue weighted by Crippen LogP contribution is -2.04. The summed E-state index contributed by atoms with van der Waals surface area (Å²) in [4.78, 5) is 0. The Labute approximate surface area is 102 Å². The maximum atomic E-state index is 13.7. The molecule has 0 radical (unpaired) electrons. The summed E-state index contributed by atoms with van der Waals surface area (Å²) in [6.07, 6.45) is 7.47. The van der Waals surface area contributed by atoms with Gasteiger partial charge >= 0.3 is 0 Å². The molecule has 0 saturated carbocycles. The molecule has 1 unspecified atom stereocenters. The molecule has 0 aliphatic heterocycles. The molecule has 0 fully saturated rings. The van der Waals surface area contributed by atoms with Gasteiger partial charge in [0.05, 0.1) is 0 Å². The predicted molar refractivity (Wildman–Crippen MR) is 68.1 cm³/mol.